The molecule has 0 radical (unpaired) electrons. The van der Waals surface area contributed by atoms with Gasteiger partial charge >= 0.3 is 0 Å². The molecule has 0 fully saturated rings. The minimum Gasteiger partial charge on any atom is -0.0797 e. The molecule has 4 rings (SSSR count). The Morgan fingerprint density at radius 1 is 0.714 bits per heavy atom. The zero-order valence-corrected chi connectivity index (χ0v) is 14.0. The molecule has 0 aromatic heterocycles. The van der Waals surface area contributed by atoms with E-state index in [4.69, 9.17) is 0 Å². The normalized spacial score (nSPS) is 22.2. The van der Waals surface area contributed by atoms with Crippen LogP contribution in [0.3, 0.4) is 0 Å². The second-order valence-electron chi connectivity index (χ2n) is 6.43. The summed E-state index contributed by atoms with van der Waals surface area (Å²) in [5.74, 6) is 0. The lowest BCUT2D eigenvalue weighted by atomic mass is 10.1. The van der Waals surface area contributed by atoms with Gasteiger partial charge in [-0.3, -0.25) is 0 Å². The van der Waals surface area contributed by atoms with Gasteiger partial charge in [-0.15, -0.1) is 0 Å². The maximum Gasteiger partial charge on any atom is 0.0468 e. The highest BCUT2D eigenvalue weighted by atomic mass is 28.2. The Hall–Kier alpha value is -1.86. The van der Waals surface area contributed by atoms with Crippen LogP contribution in [0, 0.1) is 13.8 Å². The smallest absolute Gasteiger partial charge is 0.0468 e. The molecular formula is C20H20Si. The topological polar surface area (TPSA) is 0 Å². The Morgan fingerprint density at radius 3 is 1.67 bits per heavy atom. The van der Waals surface area contributed by atoms with Gasteiger partial charge in [0, 0.05) is 9.52 Å². The zero-order chi connectivity index (χ0) is 14.4. The molecule has 0 N–H and O–H groups in total. The molecule has 0 bridgehead atoms. The number of rotatable bonds is 2. The van der Waals surface area contributed by atoms with Crippen molar-refractivity contribution in [1.82, 2.24) is 0 Å². The third-order valence-corrected chi connectivity index (χ3v) is 7.25. The molecule has 0 saturated heterocycles. The fourth-order valence-electron chi connectivity index (χ4n) is 3.68. The summed E-state index contributed by atoms with van der Waals surface area (Å²) in [5.41, 5.74) is 10.1. The van der Waals surface area contributed by atoms with Gasteiger partial charge in [0.05, 0.1) is 0 Å². The molecule has 2 unspecified atom stereocenters. The van der Waals surface area contributed by atoms with Crippen molar-refractivity contribution in [3.8, 4) is 0 Å². The van der Waals surface area contributed by atoms with Crippen molar-refractivity contribution in [1.29, 1.82) is 0 Å². The van der Waals surface area contributed by atoms with E-state index in [0.29, 0.717) is 11.1 Å². The van der Waals surface area contributed by atoms with Crippen molar-refractivity contribution in [3.63, 3.8) is 0 Å². The Balaban J connectivity index is 1.61. The summed E-state index contributed by atoms with van der Waals surface area (Å²) >= 11 is 0. The summed E-state index contributed by atoms with van der Waals surface area (Å²) in [6, 6.07) is 13.8. The first-order chi connectivity index (χ1) is 10.2. The first kappa shape index (κ1) is 12.8. The van der Waals surface area contributed by atoms with Crippen LogP contribution in [-0.4, -0.2) is 9.52 Å². The van der Waals surface area contributed by atoms with E-state index < -0.39 is 0 Å². The van der Waals surface area contributed by atoms with Gasteiger partial charge in [-0.05, 0) is 47.2 Å². The van der Waals surface area contributed by atoms with Crippen molar-refractivity contribution in [2.24, 2.45) is 0 Å². The number of aryl methyl sites for hydroxylation is 2. The van der Waals surface area contributed by atoms with Crippen LogP contribution in [0.25, 0.3) is 12.2 Å². The standard InChI is InChI=1S/C20H20Si/c1-13-3-7-17-15(11-13)5-9-19(17)21-20-10-6-16-12-14(2)4-8-18(16)20/h3-12,19-20H,21H2,1-2H3. The molecular weight excluding hydrogens is 268 g/mol. The van der Waals surface area contributed by atoms with Crippen molar-refractivity contribution in [2.45, 2.75) is 24.9 Å². The van der Waals surface area contributed by atoms with Gasteiger partial charge in [-0.1, -0.05) is 71.8 Å². The third-order valence-electron chi connectivity index (χ3n) is 4.81. The Bertz CT molecular complexity index is 702. The summed E-state index contributed by atoms with van der Waals surface area (Å²) in [6.45, 7) is 4.36. The van der Waals surface area contributed by atoms with E-state index in [0.717, 1.165) is 0 Å². The average Bonchev–Trinajstić information content (AvgIpc) is 3.03. The summed E-state index contributed by atoms with van der Waals surface area (Å²) in [4.78, 5) is 0. The second kappa shape index (κ2) is 4.85. The lowest BCUT2D eigenvalue weighted by Crippen LogP contribution is -2.12. The maximum atomic E-state index is 2.44. The van der Waals surface area contributed by atoms with Gasteiger partial charge in [-0.25, -0.2) is 0 Å². The summed E-state index contributed by atoms with van der Waals surface area (Å²) in [7, 11) is -0.251. The van der Waals surface area contributed by atoms with E-state index in [1.54, 1.807) is 11.1 Å². The quantitative estimate of drug-likeness (QED) is 0.722. The first-order valence-electron chi connectivity index (χ1n) is 7.78. The lowest BCUT2D eigenvalue weighted by Gasteiger charge is -2.16. The summed E-state index contributed by atoms with van der Waals surface area (Å²) < 4.78 is 0. The van der Waals surface area contributed by atoms with Crippen LogP contribution < -0.4 is 0 Å². The van der Waals surface area contributed by atoms with E-state index >= 15 is 0 Å². The predicted molar refractivity (Wildman–Crippen MR) is 94.5 cm³/mol. The van der Waals surface area contributed by atoms with E-state index in [-0.39, 0.29) is 9.52 Å². The largest absolute Gasteiger partial charge is 0.0797 e. The van der Waals surface area contributed by atoms with E-state index in [2.05, 4.69) is 74.5 Å². The Kier molecular flexibility index (Phi) is 2.97. The molecule has 104 valence electrons. The average molecular weight is 288 g/mol. The number of hydrogen-bond donors (Lipinski definition) is 0. The molecule has 2 aromatic rings. The number of fused-ring (bicyclic) bond motifs is 2. The number of hydrogen-bond acceptors (Lipinski definition) is 0. The number of allylic oxidation sites excluding steroid dienone is 2. The van der Waals surface area contributed by atoms with Crippen LogP contribution in [0.1, 0.15) is 44.5 Å². The van der Waals surface area contributed by atoms with Gasteiger partial charge in [0.2, 0.25) is 0 Å². The van der Waals surface area contributed by atoms with E-state index in [9.17, 15) is 0 Å². The molecule has 0 amide bonds. The Labute approximate surface area is 129 Å². The molecule has 2 aliphatic rings. The molecule has 2 aliphatic carbocycles. The highest BCUT2D eigenvalue weighted by Gasteiger charge is 2.25. The van der Waals surface area contributed by atoms with Gasteiger partial charge in [-0.2, -0.15) is 0 Å². The van der Waals surface area contributed by atoms with Gasteiger partial charge in [0.25, 0.3) is 0 Å². The molecule has 1 heteroatoms. The maximum absolute atomic E-state index is 2.44. The monoisotopic (exact) mass is 288 g/mol. The molecule has 0 saturated carbocycles. The minimum absolute atomic E-state index is 0.251. The molecule has 0 aliphatic heterocycles. The van der Waals surface area contributed by atoms with E-state index in [1.807, 2.05) is 0 Å². The highest BCUT2D eigenvalue weighted by molar-refractivity contribution is 6.43. The second-order valence-corrected chi connectivity index (χ2v) is 8.66. The van der Waals surface area contributed by atoms with Crippen molar-refractivity contribution in [2.75, 3.05) is 0 Å². The van der Waals surface area contributed by atoms with Gasteiger partial charge < -0.3 is 0 Å². The van der Waals surface area contributed by atoms with Crippen LogP contribution in [0.5, 0.6) is 0 Å². The number of benzene rings is 2. The van der Waals surface area contributed by atoms with Gasteiger partial charge in [0.1, 0.15) is 0 Å². The van der Waals surface area contributed by atoms with Crippen molar-refractivity contribution in [3.05, 3.63) is 81.9 Å². The molecule has 0 nitrogen and oxygen atoms in total. The van der Waals surface area contributed by atoms with Crippen LogP contribution >= 0.6 is 0 Å². The fourth-order valence-corrected chi connectivity index (χ4v) is 6.07. The van der Waals surface area contributed by atoms with Crippen LogP contribution in [-0.2, 0) is 0 Å². The first-order valence-corrected chi connectivity index (χ1v) is 9.41. The SMILES string of the molecule is Cc1ccc2c(c1)C=CC2[SiH2]C1C=Cc2cc(C)ccc21. The molecule has 0 heterocycles. The highest BCUT2D eigenvalue weighted by Crippen LogP contribution is 2.37. The van der Waals surface area contributed by atoms with Crippen LogP contribution in [0.2, 0.25) is 0 Å². The van der Waals surface area contributed by atoms with E-state index in [1.165, 1.54) is 22.3 Å². The predicted octanol–water partition coefficient (Wildman–Crippen LogP) is 4.31. The Morgan fingerprint density at radius 2 is 1.19 bits per heavy atom. The van der Waals surface area contributed by atoms with Crippen molar-refractivity contribution < 1.29 is 0 Å². The summed E-state index contributed by atoms with van der Waals surface area (Å²) in [5, 5.41) is 0. The third kappa shape index (κ3) is 2.22. The fraction of sp³-hybridized carbons (Fsp3) is 0.200. The lowest BCUT2D eigenvalue weighted by molar-refractivity contribution is 1.13. The summed E-state index contributed by atoms with van der Waals surface area (Å²) in [6.07, 6.45) is 9.54. The molecule has 21 heavy (non-hydrogen) atoms. The van der Waals surface area contributed by atoms with Crippen molar-refractivity contribution >= 4 is 21.7 Å². The minimum atomic E-state index is -0.251. The van der Waals surface area contributed by atoms with Crippen LogP contribution in [0.4, 0.5) is 0 Å². The zero-order valence-electron chi connectivity index (χ0n) is 12.6. The van der Waals surface area contributed by atoms with Crippen LogP contribution in [0.15, 0.2) is 48.6 Å². The van der Waals surface area contributed by atoms with Gasteiger partial charge in [0.15, 0.2) is 0 Å². The molecule has 0 spiro atoms. The molecule has 2 atom stereocenters. The molecule has 2 aromatic carbocycles.